The van der Waals surface area contributed by atoms with Gasteiger partial charge in [0.2, 0.25) is 0 Å². The van der Waals surface area contributed by atoms with Crippen LogP contribution in [0.2, 0.25) is 0 Å². The lowest BCUT2D eigenvalue weighted by Gasteiger charge is -2.36. The van der Waals surface area contributed by atoms with E-state index in [1.807, 2.05) is 0 Å². The minimum atomic E-state index is 0.718. The second-order valence-corrected chi connectivity index (χ2v) is 6.67. The van der Waals surface area contributed by atoms with Crippen molar-refractivity contribution in [2.24, 2.45) is 0 Å². The van der Waals surface area contributed by atoms with Crippen LogP contribution < -0.4 is 4.57 Å². The van der Waals surface area contributed by atoms with Crippen molar-refractivity contribution in [2.75, 3.05) is 20.1 Å². The first-order chi connectivity index (χ1) is 9.69. The molecule has 0 aromatic carbocycles. The number of hydrogen-bond donors (Lipinski definition) is 0. The molecule has 1 aliphatic heterocycles. The number of unbranched alkanes of at least 4 members (excludes halogenated alkanes) is 2. The Balaban J connectivity index is 2.12. The largest absolute Gasteiger partial charge is 0.320 e. The average molecular weight is 276 g/mol. The summed E-state index contributed by atoms with van der Waals surface area (Å²) in [6.07, 6.45) is 12.6. The Morgan fingerprint density at radius 1 is 1.25 bits per heavy atom. The van der Waals surface area contributed by atoms with Crippen molar-refractivity contribution < 1.29 is 9.05 Å². The van der Waals surface area contributed by atoms with Gasteiger partial charge in [0.25, 0.3) is 0 Å². The van der Waals surface area contributed by atoms with E-state index in [2.05, 4.69) is 50.0 Å². The van der Waals surface area contributed by atoms with E-state index in [1.54, 1.807) is 5.56 Å². The quantitative estimate of drug-likeness (QED) is 0.526. The molecular formula is C18H32N2+2. The predicted octanol–water partition coefficient (Wildman–Crippen LogP) is 3.86. The van der Waals surface area contributed by atoms with Gasteiger partial charge in [0.15, 0.2) is 12.4 Å². The van der Waals surface area contributed by atoms with Gasteiger partial charge in [-0.25, -0.2) is 4.57 Å². The molecule has 0 radical (unpaired) electrons. The van der Waals surface area contributed by atoms with Crippen molar-refractivity contribution in [1.82, 2.24) is 0 Å². The monoisotopic (exact) mass is 276 g/mol. The molecule has 0 aliphatic carbocycles. The molecule has 2 rings (SSSR count). The van der Waals surface area contributed by atoms with Crippen LogP contribution in [0.25, 0.3) is 0 Å². The van der Waals surface area contributed by atoms with Gasteiger partial charge in [-0.1, -0.05) is 26.7 Å². The summed E-state index contributed by atoms with van der Waals surface area (Å²) in [6.45, 7) is 8.42. The highest BCUT2D eigenvalue weighted by Gasteiger charge is 2.39. The van der Waals surface area contributed by atoms with Gasteiger partial charge >= 0.3 is 0 Å². The van der Waals surface area contributed by atoms with Crippen molar-refractivity contribution in [1.29, 1.82) is 0 Å². The fourth-order valence-corrected chi connectivity index (χ4v) is 3.65. The summed E-state index contributed by atoms with van der Waals surface area (Å²) in [7, 11) is 2.47. The van der Waals surface area contributed by atoms with Gasteiger partial charge in [0.05, 0.1) is 25.7 Å². The van der Waals surface area contributed by atoms with Gasteiger partial charge in [0.1, 0.15) is 12.6 Å². The normalized spacial score (nSPS) is 26.1. The molecule has 2 atom stereocenters. The SMILES string of the molecule is CCCC[n+]1cccc([C@H]2CCC[N+]2(C)CCCC)c1. The Morgan fingerprint density at radius 2 is 2.05 bits per heavy atom. The molecule has 112 valence electrons. The zero-order valence-corrected chi connectivity index (χ0v) is 13.6. The second-order valence-electron chi connectivity index (χ2n) is 6.67. The summed E-state index contributed by atoms with van der Waals surface area (Å²) in [4.78, 5) is 0. The van der Waals surface area contributed by atoms with Gasteiger partial charge in [-0.2, -0.15) is 0 Å². The molecule has 1 aromatic rings. The summed E-state index contributed by atoms with van der Waals surface area (Å²) in [5, 5.41) is 0. The first-order valence-electron chi connectivity index (χ1n) is 8.53. The maximum atomic E-state index is 2.47. The molecule has 2 nitrogen and oxygen atoms in total. The Bertz CT molecular complexity index is 416. The van der Waals surface area contributed by atoms with E-state index in [9.17, 15) is 0 Å². The summed E-state index contributed by atoms with van der Waals surface area (Å²) >= 11 is 0. The summed E-state index contributed by atoms with van der Waals surface area (Å²) in [6, 6.07) is 5.31. The van der Waals surface area contributed by atoms with Crippen LogP contribution in [0.4, 0.5) is 0 Å². The summed E-state index contributed by atoms with van der Waals surface area (Å²) in [5.74, 6) is 0. The number of pyridine rings is 1. The highest BCUT2D eigenvalue weighted by Crippen LogP contribution is 2.37. The van der Waals surface area contributed by atoms with Gasteiger partial charge in [-0.15, -0.1) is 0 Å². The smallest absolute Gasteiger partial charge is 0.177 e. The second kappa shape index (κ2) is 7.21. The van der Waals surface area contributed by atoms with Crippen LogP contribution in [0.1, 0.15) is 64.0 Å². The zero-order valence-electron chi connectivity index (χ0n) is 13.6. The van der Waals surface area contributed by atoms with Crippen LogP contribution in [-0.4, -0.2) is 24.6 Å². The lowest BCUT2D eigenvalue weighted by Crippen LogP contribution is -2.44. The molecule has 1 unspecified atom stereocenters. The van der Waals surface area contributed by atoms with Crippen LogP contribution in [0, 0.1) is 0 Å². The lowest BCUT2D eigenvalue weighted by atomic mass is 10.0. The van der Waals surface area contributed by atoms with Crippen molar-refractivity contribution in [3.8, 4) is 0 Å². The van der Waals surface area contributed by atoms with Crippen molar-refractivity contribution in [2.45, 2.75) is 65.0 Å². The zero-order chi connectivity index (χ0) is 14.4. The highest BCUT2D eigenvalue weighted by atomic mass is 15.4. The number of likely N-dealkylation sites (tertiary alicyclic amines) is 1. The number of hydrogen-bond acceptors (Lipinski definition) is 0. The number of aromatic nitrogens is 1. The average Bonchev–Trinajstić information content (AvgIpc) is 2.85. The summed E-state index contributed by atoms with van der Waals surface area (Å²) < 4.78 is 3.65. The standard InChI is InChI=1S/C18H32N2/c1-4-6-12-19-13-8-10-17(16-19)18-11-9-15-20(18,3)14-7-5-2/h8,10,13,16,18H,4-7,9,11-12,14-15H2,1-3H3/q+2/t18-,20?/m1/s1. The van der Waals surface area contributed by atoms with Gasteiger partial charge in [0, 0.05) is 25.3 Å². The molecule has 1 aromatic heterocycles. The van der Waals surface area contributed by atoms with Crippen molar-refractivity contribution >= 4 is 0 Å². The van der Waals surface area contributed by atoms with Crippen molar-refractivity contribution in [3.05, 3.63) is 30.1 Å². The molecule has 0 bridgehead atoms. The number of aryl methyl sites for hydroxylation is 1. The van der Waals surface area contributed by atoms with Gasteiger partial charge in [-0.05, 0) is 12.5 Å². The molecule has 1 fully saturated rings. The number of nitrogens with zero attached hydrogens (tertiary/aromatic N) is 2. The molecule has 1 saturated heterocycles. The van der Waals surface area contributed by atoms with Crippen LogP contribution in [0.15, 0.2) is 24.5 Å². The van der Waals surface area contributed by atoms with E-state index in [-0.39, 0.29) is 0 Å². The minimum Gasteiger partial charge on any atom is -0.320 e. The van der Waals surface area contributed by atoms with E-state index in [4.69, 9.17) is 0 Å². The third-order valence-corrected chi connectivity index (χ3v) is 4.96. The molecule has 0 N–H and O–H groups in total. The molecule has 20 heavy (non-hydrogen) atoms. The van der Waals surface area contributed by atoms with Crippen LogP contribution >= 0.6 is 0 Å². The van der Waals surface area contributed by atoms with E-state index < -0.39 is 0 Å². The fourth-order valence-electron chi connectivity index (χ4n) is 3.65. The third kappa shape index (κ3) is 3.60. The van der Waals surface area contributed by atoms with Crippen molar-refractivity contribution in [3.63, 3.8) is 0 Å². The molecule has 2 heteroatoms. The van der Waals surface area contributed by atoms with E-state index in [1.165, 1.54) is 56.1 Å². The van der Waals surface area contributed by atoms with Crippen LogP contribution in [-0.2, 0) is 6.54 Å². The fraction of sp³-hybridized carbons (Fsp3) is 0.722. The first kappa shape index (κ1) is 15.5. The Hall–Kier alpha value is -0.890. The van der Waals surface area contributed by atoms with Gasteiger partial charge in [-0.3, -0.25) is 0 Å². The van der Waals surface area contributed by atoms with Crippen LogP contribution in [0.3, 0.4) is 0 Å². The minimum absolute atomic E-state index is 0.718. The Labute approximate surface area is 125 Å². The molecule has 2 heterocycles. The van der Waals surface area contributed by atoms with Gasteiger partial charge < -0.3 is 4.48 Å². The summed E-state index contributed by atoms with van der Waals surface area (Å²) in [5.41, 5.74) is 1.56. The van der Waals surface area contributed by atoms with E-state index in [0.29, 0.717) is 0 Å². The number of quaternary nitrogens is 1. The lowest BCUT2D eigenvalue weighted by molar-refractivity contribution is -0.927. The van der Waals surface area contributed by atoms with Crippen LogP contribution in [0.5, 0.6) is 0 Å². The van der Waals surface area contributed by atoms with E-state index in [0.717, 1.165) is 12.6 Å². The van der Waals surface area contributed by atoms with E-state index >= 15 is 0 Å². The molecule has 0 spiro atoms. The molecule has 0 amide bonds. The third-order valence-electron chi connectivity index (χ3n) is 4.96. The Morgan fingerprint density at radius 3 is 2.80 bits per heavy atom. The molecule has 0 saturated carbocycles. The number of rotatable bonds is 7. The Kier molecular flexibility index (Phi) is 5.59. The topological polar surface area (TPSA) is 3.88 Å². The first-order valence-corrected chi connectivity index (χ1v) is 8.53. The maximum absolute atomic E-state index is 2.47. The highest BCUT2D eigenvalue weighted by molar-refractivity contribution is 5.10. The maximum Gasteiger partial charge on any atom is 0.177 e. The molecule has 1 aliphatic rings. The molecular weight excluding hydrogens is 244 g/mol. The predicted molar refractivity (Wildman–Crippen MR) is 84.3 cm³/mol.